The maximum Gasteiger partial charge on any atom is 0.218 e. The van der Waals surface area contributed by atoms with E-state index in [2.05, 4.69) is 31.1 Å². The van der Waals surface area contributed by atoms with Gasteiger partial charge in [0.15, 0.2) is 5.65 Å². The fourth-order valence-electron chi connectivity index (χ4n) is 2.09. The second-order valence-corrected chi connectivity index (χ2v) is 5.19. The zero-order chi connectivity index (χ0) is 15.0. The molecule has 110 valence electrons. The van der Waals surface area contributed by atoms with Crippen LogP contribution in [0.1, 0.15) is 20.1 Å². The molecule has 1 unspecified atom stereocenters. The molecule has 3 rings (SSSR count). The highest BCUT2D eigenvalue weighted by molar-refractivity contribution is 9.10. The minimum absolute atomic E-state index is 0.197. The van der Waals surface area contributed by atoms with E-state index in [1.807, 2.05) is 13.8 Å². The number of nitrogens with zero attached hydrogens (tertiary/aromatic N) is 5. The summed E-state index contributed by atoms with van der Waals surface area (Å²) in [4.78, 5) is 4.16. The Balaban J connectivity index is 2.01. The van der Waals surface area contributed by atoms with Crippen LogP contribution < -0.4 is 0 Å². The van der Waals surface area contributed by atoms with E-state index in [9.17, 15) is 4.39 Å². The number of aromatic nitrogens is 5. The third kappa shape index (κ3) is 2.68. The predicted molar refractivity (Wildman–Crippen MR) is 78.2 cm³/mol. The van der Waals surface area contributed by atoms with E-state index in [1.54, 1.807) is 23.1 Å². The minimum atomic E-state index is -0.386. The van der Waals surface area contributed by atoms with Gasteiger partial charge in [-0.15, -0.1) is 5.10 Å². The number of ether oxygens (including phenoxy) is 1. The molecule has 0 radical (unpaired) electrons. The molecule has 8 heteroatoms. The Labute approximate surface area is 128 Å². The van der Waals surface area contributed by atoms with Crippen LogP contribution in [0, 0.1) is 5.82 Å². The first-order valence-corrected chi connectivity index (χ1v) is 7.25. The molecule has 0 fully saturated rings. The largest absolute Gasteiger partial charge is 0.357 e. The summed E-state index contributed by atoms with van der Waals surface area (Å²) >= 11 is 3.17. The summed E-state index contributed by atoms with van der Waals surface area (Å²) in [6.07, 6.45) is 4.46. The average Bonchev–Trinajstić information content (AvgIpc) is 3.03. The van der Waals surface area contributed by atoms with E-state index in [1.165, 1.54) is 10.7 Å². The summed E-state index contributed by atoms with van der Waals surface area (Å²) in [5.41, 5.74) is 1.65. The summed E-state index contributed by atoms with van der Waals surface area (Å²) in [5, 5.41) is 8.22. The van der Waals surface area contributed by atoms with Crippen molar-refractivity contribution in [2.45, 2.75) is 20.1 Å². The molecule has 0 aliphatic rings. The van der Waals surface area contributed by atoms with Gasteiger partial charge in [0.1, 0.15) is 12.0 Å². The molecule has 0 amide bonds. The average molecular weight is 354 g/mol. The molecule has 0 aliphatic carbocycles. The number of halogens is 2. The van der Waals surface area contributed by atoms with Gasteiger partial charge in [0.25, 0.3) is 0 Å². The molecule has 0 N–H and O–H groups in total. The van der Waals surface area contributed by atoms with Gasteiger partial charge in [-0.3, -0.25) is 0 Å². The highest BCUT2D eigenvalue weighted by Crippen LogP contribution is 2.25. The number of fused-ring (bicyclic) bond motifs is 1. The molecule has 0 saturated carbocycles. The Morgan fingerprint density at radius 3 is 3.00 bits per heavy atom. The van der Waals surface area contributed by atoms with Gasteiger partial charge < -0.3 is 4.74 Å². The highest BCUT2D eigenvalue weighted by atomic mass is 79.9. The van der Waals surface area contributed by atoms with Crippen LogP contribution in [0.25, 0.3) is 16.8 Å². The Morgan fingerprint density at radius 1 is 1.43 bits per heavy atom. The van der Waals surface area contributed by atoms with Crippen molar-refractivity contribution in [2.75, 3.05) is 6.61 Å². The molecule has 0 aromatic carbocycles. The van der Waals surface area contributed by atoms with Gasteiger partial charge >= 0.3 is 0 Å². The summed E-state index contributed by atoms with van der Waals surface area (Å²) in [7, 11) is 0. The van der Waals surface area contributed by atoms with Gasteiger partial charge in [-0.05, 0) is 35.8 Å². The molecule has 3 heterocycles. The molecule has 6 nitrogen and oxygen atoms in total. The third-order valence-electron chi connectivity index (χ3n) is 3.09. The molecule has 21 heavy (non-hydrogen) atoms. The van der Waals surface area contributed by atoms with E-state index in [0.29, 0.717) is 28.1 Å². The molecular weight excluding hydrogens is 341 g/mol. The first-order valence-electron chi connectivity index (χ1n) is 6.46. The number of hydrogen-bond acceptors (Lipinski definition) is 4. The summed E-state index contributed by atoms with van der Waals surface area (Å²) in [6.45, 7) is 4.39. The van der Waals surface area contributed by atoms with Gasteiger partial charge in [-0.25, -0.2) is 18.6 Å². The number of hydrogen-bond donors (Lipinski definition) is 0. The normalized spacial score (nSPS) is 13.0. The van der Waals surface area contributed by atoms with Crippen molar-refractivity contribution in [3.05, 3.63) is 35.2 Å². The van der Waals surface area contributed by atoms with Crippen molar-refractivity contribution in [1.82, 2.24) is 24.4 Å². The number of pyridine rings is 1. The molecule has 0 spiro atoms. The number of rotatable bonds is 4. The maximum atomic E-state index is 14.2. The SMILES string of the molecule is CCOC(C)n1cc(-c2cc3nc(Br)nn3cc2F)cn1. The van der Waals surface area contributed by atoms with Gasteiger partial charge in [-0.1, -0.05) is 0 Å². The Hall–Kier alpha value is -1.80. The fraction of sp³-hybridized carbons (Fsp3) is 0.308. The summed E-state index contributed by atoms with van der Waals surface area (Å²) in [5.74, 6) is -0.386. The van der Waals surface area contributed by atoms with Crippen molar-refractivity contribution in [2.24, 2.45) is 0 Å². The van der Waals surface area contributed by atoms with Crippen LogP contribution in [0.2, 0.25) is 0 Å². The van der Waals surface area contributed by atoms with E-state index in [0.717, 1.165) is 0 Å². The first kappa shape index (κ1) is 14.2. The van der Waals surface area contributed by atoms with Crippen LogP contribution in [0.5, 0.6) is 0 Å². The van der Waals surface area contributed by atoms with E-state index in [4.69, 9.17) is 4.74 Å². The van der Waals surface area contributed by atoms with Crippen LogP contribution in [0.15, 0.2) is 29.4 Å². The predicted octanol–water partition coefficient (Wildman–Crippen LogP) is 3.05. The second kappa shape index (κ2) is 5.53. The monoisotopic (exact) mass is 353 g/mol. The van der Waals surface area contributed by atoms with E-state index >= 15 is 0 Å². The van der Waals surface area contributed by atoms with E-state index in [-0.39, 0.29) is 12.0 Å². The maximum absolute atomic E-state index is 14.2. The molecule has 3 aromatic heterocycles. The molecule has 0 saturated heterocycles. The lowest BCUT2D eigenvalue weighted by atomic mass is 10.1. The lowest BCUT2D eigenvalue weighted by Crippen LogP contribution is -2.09. The van der Waals surface area contributed by atoms with Crippen LogP contribution in [0.3, 0.4) is 0 Å². The Morgan fingerprint density at radius 2 is 2.24 bits per heavy atom. The lowest BCUT2D eigenvalue weighted by molar-refractivity contribution is 0.0160. The van der Waals surface area contributed by atoms with Gasteiger partial charge in [0.05, 0.1) is 12.4 Å². The minimum Gasteiger partial charge on any atom is -0.357 e. The Kier molecular flexibility index (Phi) is 3.73. The first-order chi connectivity index (χ1) is 10.1. The summed E-state index contributed by atoms with van der Waals surface area (Å²) < 4.78 is 23.1. The van der Waals surface area contributed by atoms with Crippen LogP contribution in [-0.2, 0) is 4.74 Å². The molecular formula is C13H13BrFN5O. The van der Waals surface area contributed by atoms with Crippen molar-refractivity contribution >= 4 is 21.6 Å². The van der Waals surface area contributed by atoms with Crippen LogP contribution in [0.4, 0.5) is 4.39 Å². The summed E-state index contributed by atoms with van der Waals surface area (Å²) in [6, 6.07) is 1.64. The zero-order valence-corrected chi connectivity index (χ0v) is 13.1. The smallest absolute Gasteiger partial charge is 0.218 e. The molecule has 1 atom stereocenters. The van der Waals surface area contributed by atoms with Gasteiger partial charge in [0.2, 0.25) is 4.73 Å². The quantitative estimate of drug-likeness (QED) is 0.723. The Bertz CT molecular complexity index is 784. The van der Waals surface area contributed by atoms with Crippen molar-refractivity contribution in [1.29, 1.82) is 0 Å². The van der Waals surface area contributed by atoms with E-state index < -0.39 is 0 Å². The van der Waals surface area contributed by atoms with Crippen LogP contribution >= 0.6 is 15.9 Å². The van der Waals surface area contributed by atoms with Crippen molar-refractivity contribution in [3.8, 4) is 11.1 Å². The van der Waals surface area contributed by atoms with Crippen molar-refractivity contribution < 1.29 is 9.13 Å². The molecule has 0 bridgehead atoms. The van der Waals surface area contributed by atoms with Gasteiger partial charge in [-0.2, -0.15) is 5.10 Å². The fourth-order valence-corrected chi connectivity index (χ4v) is 2.44. The lowest BCUT2D eigenvalue weighted by Gasteiger charge is -2.11. The van der Waals surface area contributed by atoms with Gasteiger partial charge in [0, 0.05) is 23.9 Å². The molecule has 3 aromatic rings. The molecule has 0 aliphatic heterocycles. The van der Waals surface area contributed by atoms with Crippen LogP contribution in [-0.4, -0.2) is 31.0 Å². The zero-order valence-electron chi connectivity index (χ0n) is 11.5. The second-order valence-electron chi connectivity index (χ2n) is 4.48. The van der Waals surface area contributed by atoms with Crippen molar-refractivity contribution in [3.63, 3.8) is 0 Å². The topological polar surface area (TPSA) is 57.2 Å². The standard InChI is InChI=1S/C13H13BrFN5O/c1-3-21-8(2)19-6-9(5-16-19)10-4-12-17-13(14)18-20(12)7-11(10)15/h4-8H,3H2,1-2H3. The highest BCUT2D eigenvalue weighted by Gasteiger charge is 2.13. The third-order valence-corrected chi connectivity index (χ3v) is 3.43.